The van der Waals surface area contributed by atoms with E-state index in [9.17, 15) is 9.59 Å². The predicted molar refractivity (Wildman–Crippen MR) is 129 cm³/mol. The Morgan fingerprint density at radius 2 is 1.03 bits per heavy atom. The van der Waals surface area contributed by atoms with Crippen molar-refractivity contribution in [2.45, 2.75) is 65.6 Å². The van der Waals surface area contributed by atoms with Gasteiger partial charge in [0.1, 0.15) is 12.2 Å². The molecule has 0 heterocycles. The van der Waals surface area contributed by atoms with Gasteiger partial charge in [-0.25, -0.2) is 9.59 Å². The Balaban J connectivity index is 1.40. The van der Waals surface area contributed by atoms with Gasteiger partial charge < -0.3 is 9.47 Å². The smallest absolute Gasteiger partial charge is 0.338 e. The van der Waals surface area contributed by atoms with Gasteiger partial charge in [0.25, 0.3) is 0 Å². The molecule has 4 aliphatic carbocycles. The molecule has 4 nitrogen and oxygen atoms in total. The van der Waals surface area contributed by atoms with E-state index in [1.54, 1.807) is 24.3 Å². The summed E-state index contributed by atoms with van der Waals surface area (Å²) in [5, 5.41) is 0. The first-order valence-electron chi connectivity index (χ1n) is 12.6. The highest BCUT2D eigenvalue weighted by Crippen LogP contribution is 2.84. The maximum atomic E-state index is 13.3. The molecule has 4 heteroatoms. The average Bonchev–Trinajstić information content (AvgIpc) is 3.44. The van der Waals surface area contributed by atoms with E-state index in [2.05, 4.69) is 27.7 Å². The number of hydrogen-bond donors (Lipinski definition) is 0. The van der Waals surface area contributed by atoms with Crippen LogP contribution in [0.1, 0.15) is 74.1 Å². The Hall–Kier alpha value is -2.62. The summed E-state index contributed by atoms with van der Waals surface area (Å²) in [7, 11) is 0. The monoisotopic (exact) mass is 458 g/mol. The third kappa shape index (κ3) is 2.77. The Morgan fingerprint density at radius 3 is 1.41 bits per heavy atom. The van der Waals surface area contributed by atoms with Gasteiger partial charge in [0, 0.05) is 10.8 Å². The van der Waals surface area contributed by atoms with Gasteiger partial charge in [-0.15, -0.1) is 0 Å². The molecule has 6 rings (SSSR count). The van der Waals surface area contributed by atoms with Crippen LogP contribution in [0, 0.1) is 33.5 Å². The van der Waals surface area contributed by atoms with Crippen molar-refractivity contribution < 1.29 is 19.1 Å². The van der Waals surface area contributed by atoms with Crippen molar-refractivity contribution in [3.05, 3.63) is 71.8 Å². The minimum Gasteiger partial charge on any atom is -0.454 e. The predicted octanol–water partition coefficient (Wildman–Crippen LogP) is 6.31. The van der Waals surface area contributed by atoms with Crippen LogP contribution in [0.15, 0.2) is 60.7 Å². The molecule has 4 fully saturated rings. The second-order valence-electron chi connectivity index (χ2n) is 12.5. The molecule has 7 unspecified atom stereocenters. The van der Waals surface area contributed by atoms with Gasteiger partial charge in [0.15, 0.2) is 0 Å². The van der Waals surface area contributed by atoms with Gasteiger partial charge in [-0.2, -0.15) is 0 Å². The van der Waals surface area contributed by atoms with Crippen LogP contribution in [-0.2, 0) is 9.47 Å². The van der Waals surface area contributed by atoms with Crippen LogP contribution >= 0.6 is 0 Å². The lowest BCUT2D eigenvalue weighted by atomic mass is 9.53. The van der Waals surface area contributed by atoms with Crippen molar-refractivity contribution in [2.75, 3.05) is 0 Å². The SMILES string of the molecule is CC12CC[C@@](C)(C1)C1C2C2(C)CC1(C)C(OC(=O)c1ccccc1)C2OC(=O)c1ccccc1. The first-order valence-corrected chi connectivity index (χ1v) is 12.6. The van der Waals surface area contributed by atoms with E-state index in [0.717, 1.165) is 6.42 Å². The van der Waals surface area contributed by atoms with Gasteiger partial charge in [0.05, 0.1) is 11.1 Å². The normalized spacial score (nSPS) is 43.5. The van der Waals surface area contributed by atoms with Crippen LogP contribution in [0.2, 0.25) is 0 Å². The minimum absolute atomic E-state index is 0.224. The summed E-state index contributed by atoms with van der Waals surface area (Å²) in [6.07, 6.45) is 3.66. The maximum absolute atomic E-state index is 13.3. The minimum atomic E-state index is -0.459. The molecule has 0 saturated heterocycles. The zero-order chi connectivity index (χ0) is 23.9. The van der Waals surface area contributed by atoms with Crippen molar-refractivity contribution in [2.24, 2.45) is 33.5 Å². The summed E-state index contributed by atoms with van der Waals surface area (Å²) < 4.78 is 12.7. The van der Waals surface area contributed by atoms with Crippen LogP contribution in [0.5, 0.6) is 0 Å². The second kappa shape index (κ2) is 6.96. The van der Waals surface area contributed by atoms with Crippen molar-refractivity contribution in [1.29, 1.82) is 0 Å². The number of carbonyl (C=O) groups excluding carboxylic acids is 2. The summed E-state index contributed by atoms with van der Waals surface area (Å²) in [6, 6.07) is 18.3. The number of hydrogen-bond acceptors (Lipinski definition) is 4. The molecular weight excluding hydrogens is 424 g/mol. The van der Waals surface area contributed by atoms with Gasteiger partial charge >= 0.3 is 11.9 Å². The van der Waals surface area contributed by atoms with Gasteiger partial charge in [-0.05, 0) is 72.6 Å². The van der Waals surface area contributed by atoms with E-state index in [4.69, 9.17) is 9.47 Å². The highest BCUT2D eigenvalue weighted by molar-refractivity contribution is 5.90. The average molecular weight is 459 g/mol. The Kier molecular flexibility index (Phi) is 4.48. The van der Waals surface area contributed by atoms with Crippen LogP contribution in [0.25, 0.3) is 0 Å². The molecule has 2 aromatic rings. The second-order valence-corrected chi connectivity index (χ2v) is 12.5. The first kappa shape index (κ1) is 21.9. The molecule has 0 radical (unpaired) electrons. The van der Waals surface area contributed by atoms with Crippen LogP contribution in [0.4, 0.5) is 0 Å². The summed E-state index contributed by atoms with van der Waals surface area (Å²) in [5.74, 6) is 0.257. The number of carbonyl (C=O) groups is 2. The highest BCUT2D eigenvalue weighted by Gasteiger charge is 2.82. The molecular formula is C30H34O4. The Bertz CT molecular complexity index is 1060. The molecule has 4 bridgehead atoms. The van der Waals surface area contributed by atoms with Gasteiger partial charge in [-0.1, -0.05) is 64.1 Å². The molecule has 0 aliphatic heterocycles. The van der Waals surface area contributed by atoms with Crippen molar-refractivity contribution in [1.82, 2.24) is 0 Å². The standard InChI is InChI=1S/C30H34O4/c1-27-15-16-28(2,17-27)22-21(27)29(3)18-30(22,4)24(34-26(32)20-13-9-6-10-14-20)23(29)33-25(31)19-11-7-5-8-12-19/h5-14,21-24H,15-18H2,1-4H3/t21?,22?,23?,24?,27-,28?,29?,30?/m0/s1. The van der Waals surface area contributed by atoms with Crippen LogP contribution in [-0.4, -0.2) is 24.1 Å². The van der Waals surface area contributed by atoms with Gasteiger partial charge in [0.2, 0.25) is 0 Å². The number of benzene rings is 2. The summed E-state index contributed by atoms with van der Waals surface area (Å²) in [4.78, 5) is 26.5. The zero-order valence-corrected chi connectivity index (χ0v) is 20.5. The van der Waals surface area contributed by atoms with Crippen molar-refractivity contribution in [3.8, 4) is 0 Å². The Morgan fingerprint density at radius 1 is 0.647 bits per heavy atom. The summed E-state index contributed by atoms with van der Waals surface area (Å²) >= 11 is 0. The van der Waals surface area contributed by atoms with E-state index in [1.807, 2.05) is 36.4 Å². The molecule has 8 atom stereocenters. The molecule has 2 aromatic carbocycles. The van der Waals surface area contributed by atoms with E-state index < -0.39 is 12.2 Å². The molecule has 34 heavy (non-hydrogen) atoms. The van der Waals surface area contributed by atoms with Crippen molar-refractivity contribution in [3.63, 3.8) is 0 Å². The number of fused-ring (bicyclic) bond motifs is 9. The lowest BCUT2D eigenvalue weighted by molar-refractivity contribution is -0.156. The van der Waals surface area contributed by atoms with Crippen molar-refractivity contribution >= 4 is 11.9 Å². The number of ether oxygens (including phenoxy) is 2. The zero-order valence-electron chi connectivity index (χ0n) is 20.5. The molecule has 0 spiro atoms. The fraction of sp³-hybridized carbons (Fsp3) is 0.533. The van der Waals surface area contributed by atoms with Gasteiger partial charge in [-0.3, -0.25) is 0 Å². The third-order valence-corrected chi connectivity index (χ3v) is 10.2. The first-order chi connectivity index (χ1) is 16.1. The van der Waals surface area contributed by atoms with E-state index in [1.165, 1.54) is 19.3 Å². The fourth-order valence-electron chi connectivity index (χ4n) is 9.56. The molecule has 4 saturated carbocycles. The molecule has 0 N–H and O–H groups in total. The lowest BCUT2D eigenvalue weighted by Gasteiger charge is -2.54. The van der Waals surface area contributed by atoms with E-state index in [-0.39, 0.29) is 33.6 Å². The Labute approximate surface area is 202 Å². The van der Waals surface area contributed by atoms with E-state index in [0.29, 0.717) is 23.0 Å². The molecule has 4 aliphatic rings. The summed E-state index contributed by atoms with van der Waals surface area (Å²) in [6.45, 7) is 9.48. The molecule has 0 amide bonds. The quantitative estimate of drug-likeness (QED) is 0.398. The fourth-order valence-corrected chi connectivity index (χ4v) is 9.56. The van der Waals surface area contributed by atoms with Crippen LogP contribution in [0.3, 0.4) is 0 Å². The van der Waals surface area contributed by atoms with Crippen LogP contribution < -0.4 is 0 Å². The topological polar surface area (TPSA) is 52.6 Å². The molecule has 0 aromatic heterocycles. The number of rotatable bonds is 4. The maximum Gasteiger partial charge on any atom is 0.338 e. The third-order valence-electron chi connectivity index (χ3n) is 10.2. The number of esters is 2. The lowest BCUT2D eigenvalue weighted by Crippen LogP contribution is -2.58. The highest BCUT2D eigenvalue weighted by atomic mass is 16.6. The summed E-state index contributed by atoms with van der Waals surface area (Å²) in [5.41, 5.74) is 1.12. The molecule has 178 valence electrons. The van der Waals surface area contributed by atoms with E-state index >= 15 is 0 Å². The largest absolute Gasteiger partial charge is 0.454 e.